The van der Waals surface area contributed by atoms with Crippen LogP contribution in [0.25, 0.3) is 0 Å². The number of nitrogens with zero attached hydrogens (tertiary/aromatic N) is 3. The molecule has 2 heterocycles. The highest BCUT2D eigenvalue weighted by molar-refractivity contribution is 14.0. The number of pyridine rings is 1. The van der Waals surface area contributed by atoms with E-state index in [1.807, 2.05) is 12.1 Å². The summed E-state index contributed by atoms with van der Waals surface area (Å²) in [5, 5.41) is 0. The predicted octanol–water partition coefficient (Wildman–Crippen LogP) is 2.25. The van der Waals surface area contributed by atoms with E-state index in [1.165, 1.54) is 12.8 Å². The molecule has 0 aliphatic carbocycles. The normalized spacial score (nSPS) is 19.4. The summed E-state index contributed by atoms with van der Waals surface area (Å²) >= 11 is 0. The highest BCUT2D eigenvalue weighted by Crippen LogP contribution is 2.15. The number of halogens is 1. The van der Waals surface area contributed by atoms with E-state index in [2.05, 4.69) is 21.8 Å². The Morgan fingerprint density at radius 2 is 2.35 bits per heavy atom. The molecule has 0 saturated carbocycles. The SMILES string of the molecule is COc1ccc(CN=C(N)N2CCCC(C)C2)cn1.I. The Morgan fingerprint density at radius 3 is 2.95 bits per heavy atom. The van der Waals surface area contributed by atoms with Crippen LogP contribution in [0.4, 0.5) is 0 Å². The van der Waals surface area contributed by atoms with Gasteiger partial charge in [-0.2, -0.15) is 0 Å². The number of ether oxygens (including phenoxy) is 1. The number of aliphatic imine (C=N–C) groups is 1. The van der Waals surface area contributed by atoms with Crippen LogP contribution in [0.1, 0.15) is 25.3 Å². The van der Waals surface area contributed by atoms with E-state index >= 15 is 0 Å². The summed E-state index contributed by atoms with van der Waals surface area (Å²) in [6, 6.07) is 3.80. The monoisotopic (exact) mass is 390 g/mol. The van der Waals surface area contributed by atoms with Crippen molar-refractivity contribution >= 4 is 29.9 Å². The predicted molar refractivity (Wildman–Crippen MR) is 91.5 cm³/mol. The first-order chi connectivity index (χ1) is 9.19. The van der Waals surface area contributed by atoms with Gasteiger partial charge in [0.25, 0.3) is 0 Å². The minimum Gasteiger partial charge on any atom is -0.481 e. The van der Waals surface area contributed by atoms with Crippen molar-refractivity contribution < 1.29 is 4.74 Å². The number of hydrogen-bond donors (Lipinski definition) is 1. The number of hydrogen-bond acceptors (Lipinski definition) is 3. The summed E-state index contributed by atoms with van der Waals surface area (Å²) in [5.74, 6) is 1.96. The number of aromatic nitrogens is 1. The van der Waals surface area contributed by atoms with Crippen LogP contribution >= 0.6 is 24.0 Å². The van der Waals surface area contributed by atoms with Gasteiger partial charge in [-0.05, 0) is 24.3 Å². The van der Waals surface area contributed by atoms with E-state index in [0.29, 0.717) is 24.3 Å². The molecule has 5 nitrogen and oxygen atoms in total. The zero-order valence-electron chi connectivity index (χ0n) is 12.1. The van der Waals surface area contributed by atoms with Crippen LogP contribution in [0, 0.1) is 5.92 Å². The molecule has 1 aliphatic heterocycles. The van der Waals surface area contributed by atoms with Crippen molar-refractivity contribution in [3.63, 3.8) is 0 Å². The number of nitrogens with two attached hydrogens (primary N) is 1. The Morgan fingerprint density at radius 1 is 1.55 bits per heavy atom. The molecule has 1 unspecified atom stereocenters. The number of piperidine rings is 1. The summed E-state index contributed by atoms with van der Waals surface area (Å²) in [6.07, 6.45) is 4.25. The summed E-state index contributed by atoms with van der Waals surface area (Å²) in [6.45, 7) is 4.84. The fraction of sp³-hybridized carbons (Fsp3) is 0.571. The summed E-state index contributed by atoms with van der Waals surface area (Å²) in [7, 11) is 1.61. The van der Waals surface area contributed by atoms with Gasteiger partial charge in [0, 0.05) is 25.4 Å². The Hall–Kier alpha value is -1.05. The average molecular weight is 390 g/mol. The quantitative estimate of drug-likeness (QED) is 0.489. The van der Waals surface area contributed by atoms with Gasteiger partial charge < -0.3 is 15.4 Å². The van der Waals surface area contributed by atoms with Crippen molar-refractivity contribution in [1.82, 2.24) is 9.88 Å². The number of methoxy groups -OCH3 is 1. The van der Waals surface area contributed by atoms with Crippen LogP contribution < -0.4 is 10.5 Å². The first kappa shape index (κ1) is 17.0. The lowest BCUT2D eigenvalue weighted by Gasteiger charge is -2.31. The number of rotatable bonds is 3. The standard InChI is InChI=1S/C14H22N4O.HI/c1-11-4-3-7-18(10-11)14(15)17-9-12-5-6-13(19-2)16-8-12;/h5-6,8,11H,3-4,7,9-10H2,1-2H3,(H2,15,17);1H. The highest BCUT2D eigenvalue weighted by atomic mass is 127. The van der Waals surface area contributed by atoms with Gasteiger partial charge in [-0.25, -0.2) is 9.98 Å². The van der Waals surface area contributed by atoms with Gasteiger partial charge in [0.2, 0.25) is 5.88 Å². The number of guanidine groups is 1. The minimum absolute atomic E-state index is 0. The molecule has 1 atom stereocenters. The molecule has 6 heteroatoms. The molecular formula is C14H23IN4O. The highest BCUT2D eigenvalue weighted by Gasteiger charge is 2.17. The third-order valence-electron chi connectivity index (χ3n) is 3.41. The first-order valence-corrected chi connectivity index (χ1v) is 6.73. The van der Waals surface area contributed by atoms with Gasteiger partial charge in [0.1, 0.15) is 0 Å². The van der Waals surface area contributed by atoms with E-state index in [-0.39, 0.29) is 24.0 Å². The molecule has 0 amide bonds. The molecule has 0 bridgehead atoms. The molecule has 0 spiro atoms. The maximum absolute atomic E-state index is 6.05. The van der Waals surface area contributed by atoms with E-state index in [0.717, 1.165) is 18.7 Å². The molecule has 1 saturated heterocycles. The van der Waals surface area contributed by atoms with Gasteiger partial charge in [0.15, 0.2) is 5.96 Å². The Bertz CT molecular complexity index is 435. The van der Waals surface area contributed by atoms with Crippen LogP contribution in [0.5, 0.6) is 5.88 Å². The van der Waals surface area contributed by atoms with Gasteiger partial charge >= 0.3 is 0 Å². The Labute approximate surface area is 137 Å². The van der Waals surface area contributed by atoms with Crippen molar-refractivity contribution in [2.45, 2.75) is 26.3 Å². The van der Waals surface area contributed by atoms with Crippen LogP contribution in [0.3, 0.4) is 0 Å². The molecule has 2 rings (SSSR count). The molecule has 20 heavy (non-hydrogen) atoms. The van der Waals surface area contributed by atoms with Crippen molar-refractivity contribution in [1.29, 1.82) is 0 Å². The van der Waals surface area contributed by atoms with Gasteiger partial charge in [-0.3, -0.25) is 0 Å². The van der Waals surface area contributed by atoms with Gasteiger partial charge in [-0.15, -0.1) is 24.0 Å². The van der Waals surface area contributed by atoms with Crippen LogP contribution in [-0.4, -0.2) is 36.0 Å². The fourth-order valence-corrected chi connectivity index (χ4v) is 2.29. The smallest absolute Gasteiger partial charge is 0.212 e. The van der Waals surface area contributed by atoms with Gasteiger partial charge in [0.05, 0.1) is 13.7 Å². The van der Waals surface area contributed by atoms with E-state index in [4.69, 9.17) is 10.5 Å². The van der Waals surface area contributed by atoms with E-state index in [9.17, 15) is 0 Å². The summed E-state index contributed by atoms with van der Waals surface area (Å²) < 4.78 is 5.02. The molecule has 0 aromatic carbocycles. The van der Waals surface area contributed by atoms with E-state index < -0.39 is 0 Å². The van der Waals surface area contributed by atoms with Crippen molar-refractivity contribution in [3.05, 3.63) is 23.9 Å². The lowest BCUT2D eigenvalue weighted by Crippen LogP contribution is -2.43. The second-order valence-corrected chi connectivity index (χ2v) is 5.08. The molecule has 1 aliphatic rings. The maximum atomic E-state index is 6.05. The second kappa shape index (κ2) is 8.28. The Kier molecular flexibility index (Phi) is 7.04. The molecule has 1 aromatic rings. The second-order valence-electron chi connectivity index (χ2n) is 5.08. The third-order valence-corrected chi connectivity index (χ3v) is 3.41. The van der Waals surface area contributed by atoms with Crippen LogP contribution in [0.15, 0.2) is 23.3 Å². The summed E-state index contributed by atoms with van der Waals surface area (Å²) in [5.41, 5.74) is 7.08. The zero-order chi connectivity index (χ0) is 13.7. The third kappa shape index (κ3) is 4.81. The summed E-state index contributed by atoms with van der Waals surface area (Å²) in [4.78, 5) is 10.8. The van der Waals surface area contributed by atoms with Gasteiger partial charge in [-0.1, -0.05) is 13.0 Å². The molecule has 0 radical (unpaired) electrons. The van der Waals surface area contributed by atoms with Crippen LogP contribution in [-0.2, 0) is 6.54 Å². The number of likely N-dealkylation sites (tertiary alicyclic amines) is 1. The molecule has 1 aromatic heterocycles. The Balaban J connectivity index is 0.00000200. The lowest BCUT2D eigenvalue weighted by atomic mass is 10.0. The molecule has 1 fully saturated rings. The van der Waals surface area contributed by atoms with E-state index in [1.54, 1.807) is 13.3 Å². The molecular weight excluding hydrogens is 367 g/mol. The first-order valence-electron chi connectivity index (χ1n) is 6.73. The maximum Gasteiger partial charge on any atom is 0.212 e. The van der Waals surface area contributed by atoms with Crippen molar-refractivity contribution in [2.24, 2.45) is 16.6 Å². The van der Waals surface area contributed by atoms with Crippen molar-refractivity contribution in [2.75, 3.05) is 20.2 Å². The largest absolute Gasteiger partial charge is 0.481 e. The average Bonchev–Trinajstić information content (AvgIpc) is 2.45. The topological polar surface area (TPSA) is 63.7 Å². The zero-order valence-corrected chi connectivity index (χ0v) is 14.4. The van der Waals surface area contributed by atoms with Crippen LogP contribution in [0.2, 0.25) is 0 Å². The van der Waals surface area contributed by atoms with Crippen molar-refractivity contribution in [3.8, 4) is 5.88 Å². The fourth-order valence-electron chi connectivity index (χ4n) is 2.29. The minimum atomic E-state index is 0. The molecule has 2 N–H and O–H groups in total. The molecule has 112 valence electrons. The lowest BCUT2D eigenvalue weighted by molar-refractivity contribution is 0.270.